The van der Waals surface area contributed by atoms with E-state index in [0.29, 0.717) is 6.07 Å². The summed E-state index contributed by atoms with van der Waals surface area (Å²) >= 11 is 0. The molecule has 4 rings (SSSR count). The molecule has 0 heterocycles. The molecule has 0 aliphatic heterocycles. The van der Waals surface area contributed by atoms with Gasteiger partial charge in [-0.1, -0.05) is 18.2 Å². The van der Waals surface area contributed by atoms with Gasteiger partial charge in [0, 0.05) is 16.8 Å². The Balaban J connectivity index is 1.50. The number of halogens is 5. The highest BCUT2D eigenvalue weighted by Gasteiger charge is 2.31. The van der Waals surface area contributed by atoms with E-state index in [1.54, 1.807) is 0 Å². The van der Waals surface area contributed by atoms with Crippen molar-refractivity contribution in [1.29, 1.82) is 0 Å². The standard InChI is InChI=1S/C26H17F5N2O4S/c27-18-6-9-20(10-7-18)38(36,37)33-23-14-19(8-12-24(23)34)32-25(35)16-3-1-15(2-4-16)21-11-5-17(13-22(21)28)26(29,30)31/h1-14,33-34H,(H,32,35). The van der Waals surface area contributed by atoms with Crippen molar-refractivity contribution in [2.75, 3.05) is 10.0 Å². The third kappa shape index (κ3) is 5.92. The molecule has 0 saturated heterocycles. The van der Waals surface area contributed by atoms with E-state index in [1.165, 1.54) is 36.4 Å². The highest BCUT2D eigenvalue weighted by atomic mass is 32.2. The number of nitrogens with one attached hydrogen (secondary N) is 2. The molecule has 0 aromatic heterocycles. The molecule has 6 nitrogen and oxygen atoms in total. The van der Waals surface area contributed by atoms with Gasteiger partial charge in [0.15, 0.2) is 0 Å². The maximum absolute atomic E-state index is 14.3. The molecule has 0 atom stereocenters. The minimum absolute atomic E-state index is 0.0819. The predicted molar refractivity (Wildman–Crippen MR) is 130 cm³/mol. The van der Waals surface area contributed by atoms with Gasteiger partial charge in [-0.15, -0.1) is 0 Å². The molecule has 12 heteroatoms. The fourth-order valence-corrected chi connectivity index (χ4v) is 4.51. The van der Waals surface area contributed by atoms with Crippen molar-refractivity contribution in [2.24, 2.45) is 0 Å². The smallest absolute Gasteiger partial charge is 0.416 e. The van der Waals surface area contributed by atoms with Crippen LogP contribution in [0.1, 0.15) is 15.9 Å². The van der Waals surface area contributed by atoms with Crippen LogP contribution >= 0.6 is 0 Å². The molecule has 3 N–H and O–H groups in total. The van der Waals surface area contributed by atoms with Crippen molar-refractivity contribution in [3.63, 3.8) is 0 Å². The topological polar surface area (TPSA) is 95.5 Å². The average molecular weight is 548 g/mol. The highest BCUT2D eigenvalue weighted by Crippen LogP contribution is 2.33. The molecule has 0 radical (unpaired) electrons. The van der Waals surface area contributed by atoms with Crippen LogP contribution < -0.4 is 10.0 Å². The van der Waals surface area contributed by atoms with Crippen molar-refractivity contribution in [3.05, 3.63) is 108 Å². The number of rotatable bonds is 6. The number of aromatic hydroxyl groups is 1. The monoisotopic (exact) mass is 548 g/mol. The first-order chi connectivity index (χ1) is 17.8. The number of phenolic OH excluding ortho intramolecular Hbond substituents is 1. The number of carbonyl (C=O) groups excluding carboxylic acids is 1. The number of anilines is 2. The first-order valence-corrected chi connectivity index (χ1v) is 12.2. The molecular weight excluding hydrogens is 531 g/mol. The van der Waals surface area contributed by atoms with E-state index in [-0.39, 0.29) is 33.0 Å². The van der Waals surface area contributed by atoms with E-state index in [2.05, 4.69) is 10.0 Å². The highest BCUT2D eigenvalue weighted by molar-refractivity contribution is 7.92. The van der Waals surface area contributed by atoms with Gasteiger partial charge in [0.1, 0.15) is 17.4 Å². The number of alkyl halides is 3. The van der Waals surface area contributed by atoms with Crippen LogP contribution in [0.5, 0.6) is 5.75 Å². The summed E-state index contributed by atoms with van der Waals surface area (Å²) in [6, 6.07) is 15.2. The lowest BCUT2D eigenvalue weighted by molar-refractivity contribution is -0.137. The summed E-state index contributed by atoms with van der Waals surface area (Å²) in [7, 11) is -4.18. The second-order valence-corrected chi connectivity index (χ2v) is 9.70. The predicted octanol–water partition coefficient (Wildman–Crippen LogP) is 6.41. The molecule has 0 unspecified atom stereocenters. The second kappa shape index (κ2) is 10.1. The fourth-order valence-electron chi connectivity index (χ4n) is 3.44. The quantitative estimate of drug-likeness (QED) is 0.147. The van der Waals surface area contributed by atoms with Crippen LogP contribution in [0.2, 0.25) is 0 Å². The van der Waals surface area contributed by atoms with Crippen molar-refractivity contribution in [2.45, 2.75) is 11.1 Å². The molecule has 0 aliphatic rings. The number of phenols is 1. The molecule has 196 valence electrons. The van der Waals surface area contributed by atoms with E-state index >= 15 is 0 Å². The molecular formula is C26H17F5N2O4S. The molecule has 0 aliphatic carbocycles. The van der Waals surface area contributed by atoms with Crippen LogP contribution in [0.4, 0.5) is 33.3 Å². The fraction of sp³-hybridized carbons (Fsp3) is 0.0385. The van der Waals surface area contributed by atoms with Gasteiger partial charge in [-0.05, 0) is 72.3 Å². The lowest BCUT2D eigenvalue weighted by Gasteiger charge is -2.12. The van der Waals surface area contributed by atoms with Crippen LogP contribution in [0.25, 0.3) is 11.1 Å². The Labute approximate surface area is 213 Å². The van der Waals surface area contributed by atoms with Gasteiger partial charge in [-0.2, -0.15) is 13.2 Å². The SMILES string of the molecule is O=C(Nc1ccc(O)c(NS(=O)(=O)c2ccc(F)cc2)c1)c1ccc(-c2ccc(C(F)(F)F)cc2F)cc1. The maximum atomic E-state index is 14.3. The van der Waals surface area contributed by atoms with E-state index in [4.69, 9.17) is 0 Å². The summed E-state index contributed by atoms with van der Waals surface area (Å²) in [6.45, 7) is 0. The molecule has 0 spiro atoms. The van der Waals surface area contributed by atoms with Crippen LogP contribution in [-0.4, -0.2) is 19.4 Å². The van der Waals surface area contributed by atoms with Gasteiger partial charge in [-0.25, -0.2) is 17.2 Å². The van der Waals surface area contributed by atoms with Gasteiger partial charge in [0.2, 0.25) is 0 Å². The van der Waals surface area contributed by atoms with E-state index in [9.17, 15) is 40.3 Å². The Morgan fingerprint density at radius 1 is 0.816 bits per heavy atom. The van der Waals surface area contributed by atoms with Crippen LogP contribution in [0, 0.1) is 11.6 Å². The van der Waals surface area contributed by atoms with Crippen LogP contribution in [0.3, 0.4) is 0 Å². The van der Waals surface area contributed by atoms with Gasteiger partial charge in [0.25, 0.3) is 15.9 Å². The Kier molecular flexibility index (Phi) is 7.09. The zero-order valence-electron chi connectivity index (χ0n) is 19.1. The lowest BCUT2D eigenvalue weighted by Crippen LogP contribution is -2.14. The average Bonchev–Trinajstić information content (AvgIpc) is 2.85. The summed E-state index contributed by atoms with van der Waals surface area (Å²) in [5.74, 6) is -2.77. The number of sulfonamides is 1. The number of amides is 1. The summed E-state index contributed by atoms with van der Waals surface area (Å²) < 4.78 is 92.9. The summed E-state index contributed by atoms with van der Waals surface area (Å²) in [6.07, 6.45) is -4.68. The largest absolute Gasteiger partial charge is 0.506 e. The van der Waals surface area contributed by atoms with Crippen molar-refractivity contribution >= 4 is 27.3 Å². The Hall–Kier alpha value is -4.45. The van der Waals surface area contributed by atoms with Crippen molar-refractivity contribution < 1.29 is 40.3 Å². The molecule has 0 bridgehead atoms. The first kappa shape index (κ1) is 26.6. The van der Waals surface area contributed by atoms with Gasteiger partial charge < -0.3 is 10.4 Å². The lowest BCUT2D eigenvalue weighted by atomic mass is 10.0. The molecule has 1 amide bonds. The van der Waals surface area contributed by atoms with Gasteiger partial charge >= 0.3 is 6.18 Å². The van der Waals surface area contributed by atoms with Crippen molar-refractivity contribution in [1.82, 2.24) is 0 Å². The third-order valence-corrected chi connectivity index (χ3v) is 6.76. The Morgan fingerprint density at radius 3 is 2.08 bits per heavy atom. The van der Waals surface area contributed by atoms with Gasteiger partial charge in [-0.3, -0.25) is 9.52 Å². The molecule has 4 aromatic carbocycles. The number of benzene rings is 4. The molecule has 38 heavy (non-hydrogen) atoms. The minimum Gasteiger partial charge on any atom is -0.506 e. The summed E-state index contributed by atoms with van der Waals surface area (Å²) in [5, 5.41) is 12.6. The Morgan fingerprint density at radius 2 is 1.47 bits per heavy atom. The second-order valence-electron chi connectivity index (χ2n) is 8.02. The molecule has 0 fully saturated rings. The van der Waals surface area contributed by atoms with Crippen molar-refractivity contribution in [3.8, 4) is 16.9 Å². The van der Waals surface area contributed by atoms with E-state index in [0.717, 1.165) is 42.5 Å². The van der Waals surface area contributed by atoms with Gasteiger partial charge in [0.05, 0.1) is 16.1 Å². The number of carbonyl (C=O) groups is 1. The van der Waals surface area contributed by atoms with E-state index in [1.807, 2.05) is 0 Å². The normalized spacial score (nSPS) is 11.7. The molecule has 4 aromatic rings. The summed E-state index contributed by atoms with van der Waals surface area (Å²) in [4.78, 5) is 12.4. The third-order valence-electron chi connectivity index (χ3n) is 5.38. The summed E-state index contributed by atoms with van der Waals surface area (Å²) in [5.41, 5.74) is -0.982. The van der Waals surface area contributed by atoms with Crippen LogP contribution in [0.15, 0.2) is 89.8 Å². The number of hydrogen-bond donors (Lipinski definition) is 3. The maximum Gasteiger partial charge on any atom is 0.416 e. The van der Waals surface area contributed by atoms with E-state index < -0.39 is 45.1 Å². The molecule has 0 saturated carbocycles. The van der Waals surface area contributed by atoms with Crippen LogP contribution in [-0.2, 0) is 16.2 Å². The number of hydrogen-bond acceptors (Lipinski definition) is 4. The first-order valence-electron chi connectivity index (χ1n) is 10.7. The minimum atomic E-state index is -4.68. The Bertz CT molecular complexity index is 1600. The zero-order chi connectivity index (χ0) is 27.7. The zero-order valence-corrected chi connectivity index (χ0v) is 19.9.